The highest BCUT2D eigenvalue weighted by molar-refractivity contribution is 5.68. The molecule has 0 saturated heterocycles. The van der Waals surface area contributed by atoms with Crippen molar-refractivity contribution in [1.29, 1.82) is 0 Å². The van der Waals surface area contributed by atoms with Crippen LogP contribution in [0.5, 0.6) is 0 Å². The molecule has 0 heterocycles. The van der Waals surface area contributed by atoms with Gasteiger partial charge in [0.15, 0.2) is 0 Å². The molecule has 1 aliphatic rings. The Morgan fingerprint density at radius 2 is 2.12 bits per heavy atom. The predicted molar refractivity (Wildman–Crippen MR) is 76.1 cm³/mol. The summed E-state index contributed by atoms with van der Waals surface area (Å²) in [4.78, 5) is 0. The number of rotatable bonds is 2. The SMILES string of the molecule is C=C1CC(C(C)C)CCc2c(CC)cccc21. The van der Waals surface area contributed by atoms with E-state index in [1.54, 1.807) is 5.56 Å². The van der Waals surface area contributed by atoms with Gasteiger partial charge in [0.1, 0.15) is 0 Å². The minimum Gasteiger partial charge on any atom is -0.0952 e. The summed E-state index contributed by atoms with van der Waals surface area (Å²) in [5.74, 6) is 1.57. The van der Waals surface area contributed by atoms with Crippen LogP contribution < -0.4 is 0 Å². The predicted octanol–water partition coefficient (Wildman–Crippen LogP) is 4.87. The third-order valence-electron chi connectivity index (χ3n) is 4.25. The van der Waals surface area contributed by atoms with Crippen LogP contribution in [-0.2, 0) is 12.8 Å². The molecule has 0 N–H and O–H groups in total. The fourth-order valence-electron chi connectivity index (χ4n) is 3.02. The average molecular weight is 228 g/mol. The second kappa shape index (κ2) is 5.08. The van der Waals surface area contributed by atoms with Crippen LogP contribution in [0.1, 0.15) is 50.3 Å². The van der Waals surface area contributed by atoms with Crippen LogP contribution in [0.25, 0.3) is 5.57 Å². The Hall–Kier alpha value is -1.04. The van der Waals surface area contributed by atoms with E-state index in [4.69, 9.17) is 0 Å². The van der Waals surface area contributed by atoms with E-state index in [1.165, 1.54) is 36.0 Å². The summed E-state index contributed by atoms with van der Waals surface area (Å²) in [6.07, 6.45) is 4.88. The minimum atomic E-state index is 0.770. The van der Waals surface area contributed by atoms with Crippen molar-refractivity contribution in [3.05, 3.63) is 41.5 Å². The van der Waals surface area contributed by atoms with Gasteiger partial charge in [0.25, 0.3) is 0 Å². The first-order valence-electron chi connectivity index (χ1n) is 6.92. The summed E-state index contributed by atoms with van der Waals surface area (Å²) in [7, 11) is 0. The molecule has 0 spiro atoms. The zero-order valence-corrected chi connectivity index (χ0v) is 11.4. The second-order valence-electron chi connectivity index (χ2n) is 5.65. The molecule has 1 unspecified atom stereocenters. The van der Waals surface area contributed by atoms with Crippen molar-refractivity contribution in [3.63, 3.8) is 0 Å². The molecule has 0 fully saturated rings. The number of aryl methyl sites for hydroxylation is 1. The van der Waals surface area contributed by atoms with Crippen molar-refractivity contribution in [2.24, 2.45) is 11.8 Å². The Morgan fingerprint density at radius 1 is 1.35 bits per heavy atom. The van der Waals surface area contributed by atoms with Crippen LogP contribution in [-0.4, -0.2) is 0 Å². The number of allylic oxidation sites excluding steroid dienone is 1. The van der Waals surface area contributed by atoms with Gasteiger partial charge >= 0.3 is 0 Å². The van der Waals surface area contributed by atoms with E-state index in [2.05, 4.69) is 45.5 Å². The first kappa shape index (κ1) is 12.4. The minimum absolute atomic E-state index is 0.770. The van der Waals surface area contributed by atoms with Crippen LogP contribution >= 0.6 is 0 Å². The highest BCUT2D eigenvalue weighted by Crippen LogP contribution is 2.36. The van der Waals surface area contributed by atoms with Gasteiger partial charge < -0.3 is 0 Å². The van der Waals surface area contributed by atoms with Gasteiger partial charge in [-0.25, -0.2) is 0 Å². The first-order valence-corrected chi connectivity index (χ1v) is 6.92. The van der Waals surface area contributed by atoms with Gasteiger partial charge in [0.2, 0.25) is 0 Å². The quantitative estimate of drug-likeness (QED) is 0.633. The standard InChI is InChI=1S/C17H24/c1-5-14-7-6-8-16-13(4)11-15(12(2)3)9-10-17(14)16/h6-8,12,15H,4-5,9-11H2,1-3H3. The monoisotopic (exact) mass is 228 g/mol. The molecule has 0 amide bonds. The summed E-state index contributed by atoms with van der Waals surface area (Å²) in [5.41, 5.74) is 5.88. The number of fused-ring (bicyclic) bond motifs is 1. The van der Waals surface area contributed by atoms with Crippen molar-refractivity contribution >= 4 is 5.57 Å². The van der Waals surface area contributed by atoms with Gasteiger partial charge in [-0.2, -0.15) is 0 Å². The van der Waals surface area contributed by atoms with Gasteiger partial charge in [-0.15, -0.1) is 0 Å². The zero-order valence-electron chi connectivity index (χ0n) is 11.4. The van der Waals surface area contributed by atoms with E-state index in [1.807, 2.05) is 0 Å². The largest absolute Gasteiger partial charge is 0.0952 e. The third kappa shape index (κ3) is 2.46. The molecule has 1 aromatic carbocycles. The van der Waals surface area contributed by atoms with E-state index >= 15 is 0 Å². The molecule has 17 heavy (non-hydrogen) atoms. The number of hydrogen-bond acceptors (Lipinski definition) is 0. The molecule has 0 heteroatoms. The molecule has 0 bridgehead atoms. The molecule has 1 aromatic rings. The molecular weight excluding hydrogens is 204 g/mol. The summed E-state index contributed by atoms with van der Waals surface area (Å²) < 4.78 is 0. The molecule has 0 saturated carbocycles. The van der Waals surface area contributed by atoms with Crippen LogP contribution in [0.15, 0.2) is 24.8 Å². The molecule has 0 radical (unpaired) electrons. The highest BCUT2D eigenvalue weighted by atomic mass is 14.3. The molecule has 0 aromatic heterocycles. The lowest BCUT2D eigenvalue weighted by Gasteiger charge is -2.18. The molecule has 1 aliphatic carbocycles. The van der Waals surface area contributed by atoms with Crippen LogP contribution in [0, 0.1) is 11.8 Å². The second-order valence-corrected chi connectivity index (χ2v) is 5.65. The lowest BCUT2D eigenvalue weighted by molar-refractivity contribution is 0.371. The smallest absolute Gasteiger partial charge is 0.0195 e. The summed E-state index contributed by atoms with van der Waals surface area (Å²) in [6, 6.07) is 6.74. The van der Waals surface area contributed by atoms with Gasteiger partial charge in [-0.1, -0.05) is 45.5 Å². The van der Waals surface area contributed by atoms with E-state index in [0.717, 1.165) is 18.3 Å². The molecule has 0 aliphatic heterocycles. The summed E-state index contributed by atoms with van der Waals surface area (Å²) in [6.45, 7) is 11.3. The van der Waals surface area contributed by atoms with Crippen molar-refractivity contribution in [1.82, 2.24) is 0 Å². The number of benzene rings is 1. The lowest BCUT2D eigenvalue weighted by atomic mass is 9.87. The van der Waals surface area contributed by atoms with Crippen molar-refractivity contribution in [2.75, 3.05) is 0 Å². The molecule has 0 nitrogen and oxygen atoms in total. The van der Waals surface area contributed by atoms with Gasteiger partial charge in [-0.05, 0) is 59.8 Å². The van der Waals surface area contributed by atoms with Crippen LogP contribution in [0.3, 0.4) is 0 Å². The fourth-order valence-corrected chi connectivity index (χ4v) is 3.02. The normalized spacial score (nSPS) is 20.2. The lowest BCUT2D eigenvalue weighted by Crippen LogP contribution is -2.08. The van der Waals surface area contributed by atoms with Gasteiger partial charge in [-0.3, -0.25) is 0 Å². The Morgan fingerprint density at radius 3 is 2.76 bits per heavy atom. The highest BCUT2D eigenvalue weighted by Gasteiger charge is 2.22. The molecule has 1 atom stereocenters. The first-order chi connectivity index (χ1) is 8.13. The van der Waals surface area contributed by atoms with Gasteiger partial charge in [0, 0.05) is 0 Å². The Balaban J connectivity index is 2.37. The van der Waals surface area contributed by atoms with Gasteiger partial charge in [0.05, 0.1) is 0 Å². The third-order valence-corrected chi connectivity index (χ3v) is 4.25. The summed E-state index contributed by atoms with van der Waals surface area (Å²) >= 11 is 0. The van der Waals surface area contributed by atoms with E-state index in [9.17, 15) is 0 Å². The Labute approximate surface area is 106 Å². The van der Waals surface area contributed by atoms with Crippen molar-refractivity contribution in [2.45, 2.75) is 46.5 Å². The molecular formula is C17H24. The summed E-state index contributed by atoms with van der Waals surface area (Å²) in [5, 5.41) is 0. The van der Waals surface area contributed by atoms with Crippen LogP contribution in [0.4, 0.5) is 0 Å². The zero-order chi connectivity index (χ0) is 12.4. The Kier molecular flexibility index (Phi) is 3.71. The molecule has 92 valence electrons. The average Bonchev–Trinajstić information content (AvgIpc) is 2.49. The van der Waals surface area contributed by atoms with Crippen molar-refractivity contribution in [3.8, 4) is 0 Å². The fraction of sp³-hybridized carbons (Fsp3) is 0.529. The molecule has 2 rings (SSSR count). The van der Waals surface area contributed by atoms with E-state index in [0.29, 0.717) is 0 Å². The van der Waals surface area contributed by atoms with E-state index < -0.39 is 0 Å². The van der Waals surface area contributed by atoms with E-state index in [-0.39, 0.29) is 0 Å². The maximum Gasteiger partial charge on any atom is -0.0195 e. The number of hydrogen-bond donors (Lipinski definition) is 0. The Bertz CT molecular complexity index is 412. The van der Waals surface area contributed by atoms with Crippen LogP contribution in [0.2, 0.25) is 0 Å². The maximum atomic E-state index is 4.32. The topological polar surface area (TPSA) is 0 Å². The van der Waals surface area contributed by atoms with Crippen molar-refractivity contribution < 1.29 is 0 Å². The maximum absolute atomic E-state index is 4.32.